The summed E-state index contributed by atoms with van der Waals surface area (Å²) in [6, 6.07) is 11.4. The molecule has 0 aliphatic carbocycles. The number of carbonyl (C=O) groups excluding carboxylic acids is 1. The van der Waals surface area contributed by atoms with Crippen LogP contribution in [0.2, 0.25) is 0 Å². The topological polar surface area (TPSA) is 58.1 Å². The average Bonchev–Trinajstić information content (AvgIpc) is 3.02. The minimum Gasteiger partial charge on any atom is -0.350 e. The monoisotopic (exact) mass is 326 g/mol. The van der Waals surface area contributed by atoms with Crippen LogP contribution in [0.15, 0.2) is 41.8 Å². The summed E-state index contributed by atoms with van der Waals surface area (Å²) in [5, 5.41) is 5.88. The Hall–Kier alpha value is -2.47. The highest BCUT2D eigenvalue weighted by Crippen LogP contribution is 2.27. The van der Waals surface area contributed by atoms with Crippen LogP contribution in [0.5, 0.6) is 0 Å². The van der Waals surface area contributed by atoms with E-state index in [9.17, 15) is 4.79 Å². The molecule has 2 aromatic heterocycles. The Morgan fingerprint density at radius 3 is 2.74 bits per heavy atom. The maximum atomic E-state index is 12.2. The number of nitrogens with one attached hydrogen (secondary N) is 1. The number of aryl methyl sites for hydroxylation is 1. The summed E-state index contributed by atoms with van der Waals surface area (Å²) < 4.78 is 0. The first-order valence-electron chi connectivity index (χ1n) is 7.47. The summed E-state index contributed by atoms with van der Waals surface area (Å²) in [7, 11) is 1.88. The first-order chi connectivity index (χ1) is 11.2. The minimum absolute atomic E-state index is 0.0706. The molecule has 0 aliphatic heterocycles. The Balaban J connectivity index is 1.79. The number of hydrogen-bond donors (Lipinski definition) is 1. The van der Waals surface area contributed by atoms with Crippen molar-refractivity contribution in [2.75, 3.05) is 23.8 Å². The van der Waals surface area contributed by atoms with Crippen LogP contribution >= 0.6 is 11.3 Å². The van der Waals surface area contributed by atoms with Crippen LogP contribution in [0.3, 0.4) is 0 Å². The van der Waals surface area contributed by atoms with Gasteiger partial charge in [-0.2, -0.15) is 0 Å². The standard InChI is InChI=1S/C17H18N4OS/c1-3-14-19-16(13-9-10-23-17(13)20-14)21(2)11-15(22)18-12-7-5-4-6-8-12/h4-10H,3,11H2,1-2H3,(H,18,22). The summed E-state index contributed by atoms with van der Waals surface area (Å²) in [4.78, 5) is 24.2. The molecule has 23 heavy (non-hydrogen) atoms. The van der Waals surface area contributed by atoms with Crippen LogP contribution in [0.4, 0.5) is 11.5 Å². The van der Waals surface area contributed by atoms with Crippen LogP contribution in [0.25, 0.3) is 10.2 Å². The Morgan fingerprint density at radius 2 is 2.00 bits per heavy atom. The van der Waals surface area contributed by atoms with Crippen molar-refractivity contribution in [2.24, 2.45) is 0 Å². The van der Waals surface area contributed by atoms with E-state index in [1.165, 1.54) is 0 Å². The number of aromatic nitrogens is 2. The molecule has 1 aromatic carbocycles. The van der Waals surface area contributed by atoms with Gasteiger partial charge in [-0.1, -0.05) is 25.1 Å². The van der Waals surface area contributed by atoms with Gasteiger partial charge in [0.1, 0.15) is 16.5 Å². The number of hydrogen-bond acceptors (Lipinski definition) is 5. The lowest BCUT2D eigenvalue weighted by atomic mass is 10.3. The molecule has 1 amide bonds. The van der Waals surface area contributed by atoms with E-state index < -0.39 is 0 Å². The number of amides is 1. The van der Waals surface area contributed by atoms with Crippen molar-refractivity contribution in [3.63, 3.8) is 0 Å². The van der Waals surface area contributed by atoms with Crippen molar-refractivity contribution in [2.45, 2.75) is 13.3 Å². The molecule has 0 saturated heterocycles. The molecular formula is C17H18N4OS. The number of carbonyl (C=O) groups is 1. The highest BCUT2D eigenvalue weighted by molar-refractivity contribution is 7.16. The zero-order chi connectivity index (χ0) is 16.2. The molecule has 0 radical (unpaired) electrons. The van der Waals surface area contributed by atoms with Crippen LogP contribution < -0.4 is 10.2 Å². The Labute approximate surface area is 139 Å². The number of likely N-dealkylation sites (N-methyl/N-ethyl adjacent to an activating group) is 1. The van der Waals surface area contributed by atoms with Crippen molar-refractivity contribution in [1.82, 2.24) is 9.97 Å². The average molecular weight is 326 g/mol. The van der Waals surface area contributed by atoms with Crippen molar-refractivity contribution in [1.29, 1.82) is 0 Å². The predicted octanol–water partition coefficient (Wildman–Crippen LogP) is 3.33. The van der Waals surface area contributed by atoms with E-state index >= 15 is 0 Å². The predicted molar refractivity (Wildman–Crippen MR) is 95.1 cm³/mol. The SMILES string of the molecule is CCc1nc(N(C)CC(=O)Nc2ccccc2)c2ccsc2n1. The van der Waals surface area contributed by atoms with E-state index in [2.05, 4.69) is 15.3 Å². The number of thiophene rings is 1. The lowest BCUT2D eigenvalue weighted by molar-refractivity contribution is -0.114. The molecule has 0 aliphatic rings. The summed E-state index contributed by atoms with van der Waals surface area (Å²) in [6.07, 6.45) is 0.769. The van der Waals surface area contributed by atoms with Gasteiger partial charge in [0.05, 0.1) is 11.9 Å². The number of rotatable bonds is 5. The van der Waals surface area contributed by atoms with E-state index in [4.69, 9.17) is 0 Å². The third kappa shape index (κ3) is 3.48. The molecular weight excluding hydrogens is 308 g/mol. The van der Waals surface area contributed by atoms with E-state index in [1.54, 1.807) is 11.3 Å². The second-order valence-corrected chi connectivity index (χ2v) is 6.12. The molecule has 0 spiro atoms. The number of benzene rings is 1. The van der Waals surface area contributed by atoms with Gasteiger partial charge in [0, 0.05) is 19.2 Å². The van der Waals surface area contributed by atoms with Crippen molar-refractivity contribution < 1.29 is 4.79 Å². The molecule has 5 nitrogen and oxygen atoms in total. The van der Waals surface area contributed by atoms with Gasteiger partial charge < -0.3 is 10.2 Å². The Bertz CT molecular complexity index is 816. The fraction of sp³-hybridized carbons (Fsp3) is 0.235. The third-order valence-electron chi connectivity index (χ3n) is 3.47. The van der Waals surface area contributed by atoms with Gasteiger partial charge in [0.25, 0.3) is 0 Å². The molecule has 0 fully saturated rings. The van der Waals surface area contributed by atoms with Crippen LogP contribution in [-0.4, -0.2) is 29.5 Å². The minimum atomic E-state index is -0.0706. The second-order valence-electron chi connectivity index (χ2n) is 5.23. The lowest BCUT2D eigenvalue weighted by Crippen LogP contribution is -2.31. The highest BCUT2D eigenvalue weighted by atomic mass is 32.1. The van der Waals surface area contributed by atoms with Gasteiger partial charge in [-0.3, -0.25) is 4.79 Å². The zero-order valence-corrected chi connectivity index (χ0v) is 13.9. The number of fused-ring (bicyclic) bond motifs is 1. The first kappa shape index (κ1) is 15.4. The molecule has 0 unspecified atom stereocenters. The van der Waals surface area contributed by atoms with Crippen LogP contribution in [0.1, 0.15) is 12.7 Å². The molecule has 3 aromatic rings. The summed E-state index contributed by atoms with van der Waals surface area (Å²) in [5.74, 6) is 1.53. The second kappa shape index (κ2) is 6.75. The maximum absolute atomic E-state index is 12.2. The number of para-hydroxylation sites is 1. The largest absolute Gasteiger partial charge is 0.350 e. The van der Waals surface area contributed by atoms with Crippen molar-refractivity contribution in [3.8, 4) is 0 Å². The normalized spacial score (nSPS) is 10.7. The third-order valence-corrected chi connectivity index (χ3v) is 4.27. The van der Waals surface area contributed by atoms with Gasteiger partial charge in [-0.25, -0.2) is 9.97 Å². The Kier molecular flexibility index (Phi) is 4.52. The zero-order valence-electron chi connectivity index (χ0n) is 13.1. The van der Waals surface area contributed by atoms with Gasteiger partial charge in [-0.05, 0) is 23.6 Å². The van der Waals surface area contributed by atoms with Gasteiger partial charge in [0.2, 0.25) is 5.91 Å². The van der Waals surface area contributed by atoms with E-state index in [0.29, 0.717) is 0 Å². The van der Waals surface area contributed by atoms with E-state index in [-0.39, 0.29) is 12.5 Å². The molecule has 1 N–H and O–H groups in total. The molecule has 6 heteroatoms. The molecule has 2 heterocycles. The lowest BCUT2D eigenvalue weighted by Gasteiger charge is -2.19. The van der Waals surface area contributed by atoms with Crippen molar-refractivity contribution >= 4 is 39.0 Å². The molecule has 3 rings (SSSR count). The first-order valence-corrected chi connectivity index (χ1v) is 8.35. The van der Waals surface area contributed by atoms with Gasteiger partial charge >= 0.3 is 0 Å². The van der Waals surface area contributed by atoms with Gasteiger partial charge in [0.15, 0.2) is 0 Å². The summed E-state index contributed by atoms with van der Waals surface area (Å²) >= 11 is 1.59. The number of anilines is 2. The van der Waals surface area contributed by atoms with E-state index in [0.717, 1.165) is 34.0 Å². The van der Waals surface area contributed by atoms with Crippen molar-refractivity contribution in [3.05, 3.63) is 47.6 Å². The molecule has 0 bridgehead atoms. The number of nitrogens with zero attached hydrogens (tertiary/aromatic N) is 3. The Morgan fingerprint density at radius 1 is 1.22 bits per heavy atom. The fourth-order valence-corrected chi connectivity index (χ4v) is 3.12. The smallest absolute Gasteiger partial charge is 0.243 e. The summed E-state index contributed by atoms with van der Waals surface area (Å²) in [6.45, 7) is 2.26. The molecule has 0 atom stereocenters. The highest BCUT2D eigenvalue weighted by Gasteiger charge is 2.14. The summed E-state index contributed by atoms with van der Waals surface area (Å²) in [5.41, 5.74) is 0.795. The quantitative estimate of drug-likeness (QED) is 0.781. The fourth-order valence-electron chi connectivity index (χ4n) is 2.34. The molecule has 0 saturated carbocycles. The van der Waals surface area contributed by atoms with E-state index in [1.807, 2.05) is 60.6 Å². The van der Waals surface area contributed by atoms with Gasteiger partial charge in [-0.15, -0.1) is 11.3 Å². The van der Waals surface area contributed by atoms with Crippen LogP contribution in [0, 0.1) is 0 Å². The maximum Gasteiger partial charge on any atom is 0.243 e. The van der Waals surface area contributed by atoms with Crippen LogP contribution in [-0.2, 0) is 11.2 Å². The molecule has 118 valence electrons.